The standard InChI is InChI=1S/C23H18ClN3O5S/c24-19-7-5-18-12-20(8-6-17(18)11-19)33(31,32)26-9-10-27(21(28)14-26)22(23(29)30)16-3-1-15(13-25)2-4-16/h1-8,11-12,22H,9-10,14H2,(H,29,30). The second-order valence-corrected chi connectivity index (χ2v) is 9.93. The van der Waals surface area contributed by atoms with Crippen LogP contribution >= 0.6 is 11.6 Å². The molecular formula is C23H18ClN3O5S. The van der Waals surface area contributed by atoms with Crippen LogP contribution in [0.3, 0.4) is 0 Å². The fourth-order valence-corrected chi connectivity index (χ4v) is 5.44. The van der Waals surface area contributed by atoms with Gasteiger partial charge in [-0.1, -0.05) is 35.9 Å². The lowest BCUT2D eigenvalue weighted by Crippen LogP contribution is -2.54. The van der Waals surface area contributed by atoms with E-state index in [0.717, 1.165) is 14.6 Å². The molecule has 1 N–H and O–H groups in total. The third-order valence-electron chi connectivity index (χ3n) is 5.53. The minimum atomic E-state index is -3.97. The molecule has 0 spiro atoms. The van der Waals surface area contributed by atoms with Crippen LogP contribution in [0.2, 0.25) is 5.02 Å². The Morgan fingerprint density at radius 1 is 1.03 bits per heavy atom. The van der Waals surface area contributed by atoms with Crippen LogP contribution in [0.4, 0.5) is 0 Å². The Morgan fingerprint density at radius 3 is 2.33 bits per heavy atom. The Kier molecular flexibility index (Phi) is 6.08. The molecule has 3 aromatic rings. The van der Waals surface area contributed by atoms with Gasteiger partial charge in [-0.2, -0.15) is 9.57 Å². The Labute approximate surface area is 195 Å². The van der Waals surface area contributed by atoms with Crippen molar-refractivity contribution in [3.63, 3.8) is 0 Å². The summed E-state index contributed by atoms with van der Waals surface area (Å²) in [4.78, 5) is 26.0. The number of carboxylic acids is 1. The van der Waals surface area contributed by atoms with E-state index in [2.05, 4.69) is 0 Å². The number of rotatable bonds is 5. The van der Waals surface area contributed by atoms with Gasteiger partial charge in [0.1, 0.15) is 0 Å². The van der Waals surface area contributed by atoms with Crippen molar-refractivity contribution in [2.45, 2.75) is 10.9 Å². The molecule has 3 aromatic carbocycles. The van der Waals surface area contributed by atoms with Gasteiger partial charge < -0.3 is 10.0 Å². The highest BCUT2D eigenvalue weighted by molar-refractivity contribution is 7.89. The fraction of sp³-hybridized carbons (Fsp3) is 0.174. The topological polar surface area (TPSA) is 119 Å². The Balaban J connectivity index is 1.57. The zero-order valence-electron chi connectivity index (χ0n) is 17.2. The van der Waals surface area contributed by atoms with Gasteiger partial charge >= 0.3 is 5.97 Å². The number of hydrogen-bond acceptors (Lipinski definition) is 5. The first-order valence-corrected chi connectivity index (χ1v) is 11.7. The maximum Gasteiger partial charge on any atom is 0.331 e. The summed E-state index contributed by atoms with van der Waals surface area (Å²) < 4.78 is 27.4. The molecule has 0 radical (unpaired) electrons. The van der Waals surface area contributed by atoms with E-state index in [-0.39, 0.29) is 18.0 Å². The van der Waals surface area contributed by atoms with E-state index in [9.17, 15) is 23.1 Å². The Hall–Kier alpha value is -3.45. The largest absolute Gasteiger partial charge is 0.479 e. The first-order valence-electron chi connectivity index (χ1n) is 9.92. The maximum absolute atomic E-state index is 13.2. The molecule has 1 aliphatic rings. The minimum absolute atomic E-state index is 0.0421. The van der Waals surface area contributed by atoms with Gasteiger partial charge in [-0.15, -0.1) is 0 Å². The molecule has 0 saturated carbocycles. The molecule has 33 heavy (non-hydrogen) atoms. The van der Waals surface area contributed by atoms with E-state index in [1.54, 1.807) is 24.3 Å². The first-order chi connectivity index (χ1) is 15.7. The second kappa shape index (κ2) is 8.83. The summed E-state index contributed by atoms with van der Waals surface area (Å²) in [6.45, 7) is -0.605. The molecule has 1 amide bonds. The molecule has 0 aromatic heterocycles. The summed E-state index contributed by atoms with van der Waals surface area (Å²) in [5, 5.41) is 20.7. The van der Waals surface area contributed by atoms with Crippen molar-refractivity contribution in [1.29, 1.82) is 5.26 Å². The first kappa shape index (κ1) is 22.7. The molecule has 1 heterocycles. The van der Waals surface area contributed by atoms with Gasteiger partial charge in [-0.05, 0) is 52.7 Å². The zero-order valence-corrected chi connectivity index (χ0v) is 18.8. The number of sulfonamides is 1. The average Bonchev–Trinajstić information content (AvgIpc) is 2.80. The Morgan fingerprint density at radius 2 is 1.70 bits per heavy atom. The number of fused-ring (bicyclic) bond motifs is 1. The van der Waals surface area contributed by atoms with Crippen LogP contribution < -0.4 is 0 Å². The molecule has 8 nitrogen and oxygen atoms in total. The molecular weight excluding hydrogens is 466 g/mol. The van der Waals surface area contributed by atoms with E-state index in [4.69, 9.17) is 16.9 Å². The number of nitrogens with zero attached hydrogens (tertiary/aromatic N) is 3. The summed E-state index contributed by atoms with van der Waals surface area (Å²) in [6.07, 6.45) is 0. The van der Waals surface area contributed by atoms with Crippen molar-refractivity contribution in [3.8, 4) is 6.07 Å². The van der Waals surface area contributed by atoms with Gasteiger partial charge in [0, 0.05) is 18.1 Å². The SMILES string of the molecule is N#Cc1ccc(C(C(=O)O)N2CCN(S(=O)(=O)c3ccc4cc(Cl)ccc4c3)CC2=O)cc1. The van der Waals surface area contributed by atoms with Gasteiger partial charge in [-0.25, -0.2) is 13.2 Å². The van der Waals surface area contributed by atoms with Crippen molar-refractivity contribution in [3.05, 3.63) is 76.8 Å². The number of carbonyl (C=O) groups is 2. The number of carbonyl (C=O) groups excluding carboxylic acids is 1. The zero-order chi connectivity index (χ0) is 23.8. The van der Waals surface area contributed by atoms with E-state index in [0.29, 0.717) is 21.5 Å². The van der Waals surface area contributed by atoms with Crippen LogP contribution in [0.15, 0.2) is 65.6 Å². The monoisotopic (exact) mass is 483 g/mol. The van der Waals surface area contributed by atoms with Gasteiger partial charge in [0.2, 0.25) is 15.9 Å². The van der Waals surface area contributed by atoms with Gasteiger partial charge in [-0.3, -0.25) is 4.79 Å². The summed E-state index contributed by atoms with van der Waals surface area (Å²) in [6, 6.07) is 16.3. The molecule has 1 unspecified atom stereocenters. The van der Waals surface area contributed by atoms with Gasteiger partial charge in [0.15, 0.2) is 6.04 Å². The summed E-state index contributed by atoms with van der Waals surface area (Å²) >= 11 is 5.98. The van der Waals surface area contributed by atoms with E-state index in [1.165, 1.54) is 36.4 Å². The highest BCUT2D eigenvalue weighted by Gasteiger charge is 2.38. The summed E-state index contributed by atoms with van der Waals surface area (Å²) in [7, 11) is -3.97. The van der Waals surface area contributed by atoms with Crippen molar-refractivity contribution >= 4 is 44.3 Å². The van der Waals surface area contributed by atoms with Crippen molar-refractivity contribution < 1.29 is 23.1 Å². The third kappa shape index (κ3) is 4.41. The molecule has 1 saturated heterocycles. The van der Waals surface area contributed by atoms with Crippen LogP contribution in [0.1, 0.15) is 17.2 Å². The van der Waals surface area contributed by atoms with Gasteiger partial charge in [0.25, 0.3) is 0 Å². The molecule has 1 fully saturated rings. The second-order valence-electron chi connectivity index (χ2n) is 7.55. The number of benzene rings is 3. The summed E-state index contributed by atoms with van der Waals surface area (Å²) in [5.41, 5.74) is 0.696. The lowest BCUT2D eigenvalue weighted by molar-refractivity contribution is -0.152. The molecule has 168 valence electrons. The van der Waals surface area contributed by atoms with E-state index >= 15 is 0 Å². The minimum Gasteiger partial charge on any atom is -0.479 e. The van der Waals surface area contributed by atoms with E-state index < -0.39 is 34.5 Å². The van der Waals surface area contributed by atoms with Gasteiger partial charge in [0.05, 0.1) is 23.1 Å². The molecule has 1 atom stereocenters. The predicted molar refractivity (Wildman–Crippen MR) is 121 cm³/mol. The molecule has 0 aliphatic carbocycles. The quantitative estimate of drug-likeness (QED) is 0.595. The number of nitriles is 1. The van der Waals surface area contributed by atoms with Crippen LogP contribution in [-0.4, -0.2) is 54.2 Å². The lowest BCUT2D eigenvalue weighted by Gasteiger charge is -2.37. The van der Waals surface area contributed by atoms with Crippen molar-refractivity contribution in [2.24, 2.45) is 0 Å². The summed E-state index contributed by atoms with van der Waals surface area (Å²) in [5.74, 6) is -1.85. The van der Waals surface area contributed by atoms with Crippen molar-refractivity contribution in [1.82, 2.24) is 9.21 Å². The number of halogens is 1. The van der Waals surface area contributed by atoms with Crippen LogP contribution in [0.25, 0.3) is 10.8 Å². The third-order valence-corrected chi connectivity index (χ3v) is 7.61. The molecule has 0 bridgehead atoms. The molecule has 4 rings (SSSR count). The number of hydrogen-bond donors (Lipinski definition) is 1. The number of amides is 1. The van der Waals surface area contributed by atoms with E-state index in [1.807, 2.05) is 6.07 Å². The number of aliphatic carboxylic acids is 1. The normalized spacial score (nSPS) is 15.9. The lowest BCUT2D eigenvalue weighted by atomic mass is 10.0. The number of piperazine rings is 1. The highest BCUT2D eigenvalue weighted by atomic mass is 35.5. The maximum atomic E-state index is 13.2. The number of carboxylic acid groups (broad SMARTS) is 1. The fourth-order valence-electron chi connectivity index (χ4n) is 3.84. The Bertz CT molecular complexity index is 1400. The average molecular weight is 484 g/mol. The van der Waals surface area contributed by atoms with Crippen LogP contribution in [0, 0.1) is 11.3 Å². The van der Waals surface area contributed by atoms with Crippen molar-refractivity contribution in [2.75, 3.05) is 19.6 Å². The smallest absolute Gasteiger partial charge is 0.331 e. The predicted octanol–water partition coefficient (Wildman–Crippen LogP) is 3.02. The highest BCUT2D eigenvalue weighted by Crippen LogP contribution is 2.28. The molecule has 1 aliphatic heterocycles. The van der Waals surface area contributed by atoms with Crippen LogP contribution in [-0.2, 0) is 19.6 Å². The van der Waals surface area contributed by atoms with Crippen LogP contribution in [0.5, 0.6) is 0 Å². The molecule has 10 heteroatoms.